The van der Waals surface area contributed by atoms with Crippen LogP contribution in [0.4, 0.5) is 8.78 Å². The summed E-state index contributed by atoms with van der Waals surface area (Å²) in [6, 6.07) is 18.5. The lowest BCUT2D eigenvalue weighted by molar-refractivity contribution is 0.0698. The fourth-order valence-corrected chi connectivity index (χ4v) is 4.83. The highest BCUT2D eigenvalue weighted by atomic mass is 32.2. The Morgan fingerprint density at radius 2 is 1.41 bits per heavy atom. The minimum Gasteiger partial charge on any atom is -0.457 e. The van der Waals surface area contributed by atoms with Crippen molar-refractivity contribution in [1.82, 2.24) is 9.21 Å². The molecule has 0 saturated carbocycles. The van der Waals surface area contributed by atoms with E-state index in [1.165, 1.54) is 4.31 Å². The topological polar surface area (TPSA) is 66.9 Å². The number of carbonyl (C=O) groups excluding carboxylic acids is 1. The van der Waals surface area contributed by atoms with Crippen molar-refractivity contribution in [2.75, 3.05) is 26.2 Å². The van der Waals surface area contributed by atoms with Gasteiger partial charge in [0, 0.05) is 31.7 Å². The summed E-state index contributed by atoms with van der Waals surface area (Å²) in [6.07, 6.45) is 0. The summed E-state index contributed by atoms with van der Waals surface area (Å²) < 4.78 is 58.9. The summed E-state index contributed by atoms with van der Waals surface area (Å²) in [5.74, 6) is -1.28. The van der Waals surface area contributed by atoms with E-state index in [1.54, 1.807) is 29.2 Å². The molecule has 6 nitrogen and oxygen atoms in total. The van der Waals surface area contributed by atoms with Crippen LogP contribution in [0.3, 0.4) is 0 Å². The predicted octanol–water partition coefficient (Wildman–Crippen LogP) is 3.90. The molecule has 1 heterocycles. The highest BCUT2D eigenvalue weighted by molar-refractivity contribution is 7.89. The molecule has 1 fully saturated rings. The average molecular weight is 458 g/mol. The molecule has 1 amide bonds. The number of hydrogen-bond donors (Lipinski definition) is 0. The zero-order valence-electron chi connectivity index (χ0n) is 16.9. The lowest BCUT2D eigenvalue weighted by Gasteiger charge is -2.34. The third-order valence-electron chi connectivity index (χ3n) is 5.13. The molecule has 3 aromatic rings. The molecule has 0 unspecified atom stereocenters. The van der Waals surface area contributed by atoms with Crippen LogP contribution >= 0.6 is 0 Å². The second-order valence-electron chi connectivity index (χ2n) is 7.21. The number of para-hydroxylation sites is 1. The molecule has 166 valence electrons. The molecule has 1 aliphatic rings. The highest BCUT2D eigenvalue weighted by Crippen LogP contribution is 2.23. The van der Waals surface area contributed by atoms with Crippen molar-refractivity contribution in [3.05, 3.63) is 90.0 Å². The normalized spacial score (nSPS) is 14.9. The molecule has 0 atom stereocenters. The first-order chi connectivity index (χ1) is 15.3. The summed E-state index contributed by atoms with van der Waals surface area (Å²) in [6.45, 7) is 0.485. The Bertz CT molecular complexity index is 1210. The van der Waals surface area contributed by atoms with Crippen LogP contribution in [-0.4, -0.2) is 49.7 Å². The quantitative estimate of drug-likeness (QED) is 0.582. The summed E-state index contributed by atoms with van der Waals surface area (Å²) in [7, 11) is -3.98. The molecule has 0 aliphatic carbocycles. The summed E-state index contributed by atoms with van der Waals surface area (Å²) in [5.41, 5.74) is 0.460. The van der Waals surface area contributed by atoms with Gasteiger partial charge in [-0.25, -0.2) is 17.2 Å². The molecule has 32 heavy (non-hydrogen) atoms. The SMILES string of the molecule is O=C(c1ccc(Oc2ccccc2)cc1)N1CCN(S(=O)(=O)c2ccc(F)c(F)c2)CC1. The van der Waals surface area contributed by atoms with Crippen LogP contribution in [0.15, 0.2) is 77.7 Å². The Kier molecular flexibility index (Phi) is 6.20. The Hall–Kier alpha value is -3.30. The van der Waals surface area contributed by atoms with Gasteiger partial charge < -0.3 is 9.64 Å². The summed E-state index contributed by atoms with van der Waals surface area (Å²) in [5, 5.41) is 0. The monoisotopic (exact) mass is 458 g/mol. The maximum absolute atomic E-state index is 13.5. The van der Waals surface area contributed by atoms with Gasteiger partial charge in [-0.3, -0.25) is 4.79 Å². The van der Waals surface area contributed by atoms with E-state index >= 15 is 0 Å². The number of amides is 1. The van der Waals surface area contributed by atoms with E-state index in [-0.39, 0.29) is 37.0 Å². The maximum atomic E-state index is 13.5. The number of hydrogen-bond acceptors (Lipinski definition) is 4. The number of piperazine rings is 1. The Morgan fingerprint density at radius 1 is 0.781 bits per heavy atom. The molecule has 0 spiro atoms. The van der Waals surface area contributed by atoms with Gasteiger partial charge in [0.2, 0.25) is 10.0 Å². The van der Waals surface area contributed by atoms with E-state index < -0.39 is 21.7 Å². The number of ether oxygens (including phenoxy) is 1. The van der Waals surface area contributed by atoms with E-state index in [1.807, 2.05) is 30.3 Å². The second-order valence-corrected chi connectivity index (χ2v) is 9.15. The summed E-state index contributed by atoms with van der Waals surface area (Å²) in [4.78, 5) is 14.0. The molecule has 0 radical (unpaired) electrons. The van der Waals surface area contributed by atoms with Gasteiger partial charge in [0.15, 0.2) is 11.6 Å². The van der Waals surface area contributed by atoms with Gasteiger partial charge in [-0.05, 0) is 54.6 Å². The maximum Gasteiger partial charge on any atom is 0.253 e. The van der Waals surface area contributed by atoms with Gasteiger partial charge in [-0.2, -0.15) is 4.31 Å². The van der Waals surface area contributed by atoms with E-state index in [0.717, 1.165) is 12.1 Å². The molecule has 0 aromatic heterocycles. The number of carbonyl (C=O) groups is 1. The van der Waals surface area contributed by atoms with Crippen LogP contribution in [0.2, 0.25) is 0 Å². The van der Waals surface area contributed by atoms with Crippen LogP contribution in [0.25, 0.3) is 0 Å². The van der Waals surface area contributed by atoms with Gasteiger partial charge in [-0.15, -0.1) is 0 Å². The summed E-state index contributed by atoms with van der Waals surface area (Å²) >= 11 is 0. The largest absolute Gasteiger partial charge is 0.457 e. The smallest absolute Gasteiger partial charge is 0.253 e. The molecule has 3 aromatic carbocycles. The third kappa shape index (κ3) is 4.63. The molecular formula is C23H20F2N2O4S. The lowest BCUT2D eigenvalue weighted by atomic mass is 10.2. The number of rotatable bonds is 5. The van der Waals surface area contributed by atoms with Gasteiger partial charge >= 0.3 is 0 Å². The predicted molar refractivity (Wildman–Crippen MR) is 114 cm³/mol. The first-order valence-corrected chi connectivity index (χ1v) is 11.4. The Labute approximate surface area is 184 Å². The van der Waals surface area contributed by atoms with E-state index in [2.05, 4.69) is 0 Å². The number of sulfonamides is 1. The van der Waals surface area contributed by atoms with E-state index in [4.69, 9.17) is 4.74 Å². The molecular weight excluding hydrogens is 438 g/mol. The van der Waals surface area contributed by atoms with Gasteiger partial charge in [0.1, 0.15) is 11.5 Å². The standard InChI is InChI=1S/C23H20F2N2O4S/c24-21-11-10-20(16-22(21)25)32(29,30)27-14-12-26(13-15-27)23(28)17-6-8-19(9-7-17)31-18-4-2-1-3-5-18/h1-11,16H,12-15H2. The van der Waals surface area contributed by atoms with Crippen molar-refractivity contribution >= 4 is 15.9 Å². The molecule has 4 rings (SSSR count). The van der Waals surface area contributed by atoms with Crippen LogP contribution in [0.5, 0.6) is 11.5 Å². The molecule has 1 aliphatic heterocycles. The van der Waals surface area contributed by atoms with Crippen molar-refractivity contribution in [1.29, 1.82) is 0 Å². The average Bonchev–Trinajstić information content (AvgIpc) is 2.81. The van der Waals surface area contributed by atoms with Crippen molar-refractivity contribution < 1.29 is 26.7 Å². The molecule has 1 saturated heterocycles. The number of benzene rings is 3. The fraction of sp³-hybridized carbons (Fsp3) is 0.174. The van der Waals surface area contributed by atoms with E-state index in [0.29, 0.717) is 23.1 Å². The number of nitrogens with zero attached hydrogens (tertiary/aromatic N) is 2. The van der Waals surface area contributed by atoms with Gasteiger partial charge in [-0.1, -0.05) is 18.2 Å². The van der Waals surface area contributed by atoms with Crippen LogP contribution in [0, 0.1) is 11.6 Å². The molecule has 0 N–H and O–H groups in total. The minimum absolute atomic E-state index is 0.0578. The lowest BCUT2D eigenvalue weighted by Crippen LogP contribution is -2.50. The second kappa shape index (κ2) is 9.05. The Morgan fingerprint density at radius 3 is 2.03 bits per heavy atom. The minimum atomic E-state index is -3.98. The third-order valence-corrected chi connectivity index (χ3v) is 7.03. The van der Waals surface area contributed by atoms with Crippen LogP contribution in [-0.2, 0) is 10.0 Å². The first-order valence-electron chi connectivity index (χ1n) is 9.92. The van der Waals surface area contributed by atoms with Crippen molar-refractivity contribution in [2.24, 2.45) is 0 Å². The highest BCUT2D eigenvalue weighted by Gasteiger charge is 2.31. The van der Waals surface area contributed by atoms with Crippen molar-refractivity contribution in [3.63, 3.8) is 0 Å². The molecule has 0 bridgehead atoms. The van der Waals surface area contributed by atoms with E-state index in [9.17, 15) is 22.0 Å². The van der Waals surface area contributed by atoms with Crippen molar-refractivity contribution in [3.8, 4) is 11.5 Å². The first kappa shape index (κ1) is 21.9. The van der Waals surface area contributed by atoms with Crippen LogP contribution in [0.1, 0.15) is 10.4 Å². The zero-order chi connectivity index (χ0) is 22.7. The van der Waals surface area contributed by atoms with Crippen molar-refractivity contribution in [2.45, 2.75) is 4.90 Å². The Balaban J connectivity index is 1.38. The number of halogens is 2. The van der Waals surface area contributed by atoms with Crippen LogP contribution < -0.4 is 4.74 Å². The fourth-order valence-electron chi connectivity index (χ4n) is 3.39. The van der Waals surface area contributed by atoms with Gasteiger partial charge in [0.25, 0.3) is 5.91 Å². The van der Waals surface area contributed by atoms with Gasteiger partial charge in [0.05, 0.1) is 4.90 Å². The zero-order valence-corrected chi connectivity index (χ0v) is 17.8. The molecule has 9 heteroatoms.